The fraction of sp³-hybridized carbons (Fsp3) is 0.500. The van der Waals surface area contributed by atoms with Gasteiger partial charge in [-0.15, -0.1) is 0 Å². The fourth-order valence-electron chi connectivity index (χ4n) is 2.56. The van der Waals surface area contributed by atoms with E-state index in [4.69, 9.17) is 0 Å². The van der Waals surface area contributed by atoms with Crippen LogP contribution in [-0.4, -0.2) is 29.1 Å². The van der Waals surface area contributed by atoms with Crippen molar-refractivity contribution in [1.29, 1.82) is 0 Å². The Morgan fingerprint density at radius 3 is 2.76 bits per heavy atom. The van der Waals surface area contributed by atoms with E-state index < -0.39 is 4.92 Å². The van der Waals surface area contributed by atoms with Crippen LogP contribution in [0.3, 0.4) is 0 Å². The molecule has 1 fully saturated rings. The van der Waals surface area contributed by atoms with Gasteiger partial charge < -0.3 is 15.7 Å². The summed E-state index contributed by atoms with van der Waals surface area (Å²) in [7, 11) is 0. The Labute approximate surface area is 121 Å². The van der Waals surface area contributed by atoms with Crippen molar-refractivity contribution in [3.05, 3.63) is 27.8 Å². The van der Waals surface area contributed by atoms with E-state index in [2.05, 4.69) is 10.6 Å². The molecular weight excluding hydrogens is 274 g/mol. The predicted octanol–water partition coefficient (Wildman–Crippen LogP) is 1.66. The molecule has 7 heteroatoms. The number of anilines is 2. The van der Waals surface area contributed by atoms with Crippen LogP contribution in [0.2, 0.25) is 0 Å². The molecule has 1 aromatic rings. The van der Waals surface area contributed by atoms with Crippen LogP contribution in [0.5, 0.6) is 0 Å². The average molecular weight is 291 g/mol. The summed E-state index contributed by atoms with van der Waals surface area (Å²) in [5.74, 6) is -0.0728. The van der Waals surface area contributed by atoms with Crippen LogP contribution in [0, 0.1) is 15.5 Å². The lowest BCUT2D eigenvalue weighted by Crippen LogP contribution is -2.21. The molecule has 1 saturated carbocycles. The Morgan fingerprint density at radius 2 is 2.14 bits per heavy atom. The number of aliphatic hydroxyl groups excluding tert-OH is 1. The number of amides is 1. The second kappa shape index (κ2) is 5.00. The van der Waals surface area contributed by atoms with E-state index in [-0.39, 0.29) is 23.6 Å². The zero-order valence-electron chi connectivity index (χ0n) is 11.5. The Balaban J connectivity index is 1.88. The molecule has 0 bridgehead atoms. The molecule has 1 amide bonds. The smallest absolute Gasteiger partial charge is 0.292 e. The van der Waals surface area contributed by atoms with Crippen molar-refractivity contribution in [3.8, 4) is 0 Å². The van der Waals surface area contributed by atoms with Gasteiger partial charge in [-0.25, -0.2) is 0 Å². The van der Waals surface area contributed by atoms with Gasteiger partial charge in [-0.3, -0.25) is 14.9 Å². The van der Waals surface area contributed by atoms with Crippen LogP contribution in [-0.2, 0) is 11.2 Å². The molecule has 1 aliphatic carbocycles. The molecule has 0 spiro atoms. The van der Waals surface area contributed by atoms with Crippen LogP contribution in [0.15, 0.2) is 12.1 Å². The SMILES string of the molecule is O=C1CCc2cc([N+](=O)[O-])c(NCC3(CO)CC3)cc2N1. The third-order valence-corrected chi connectivity index (χ3v) is 4.26. The van der Waals surface area contributed by atoms with Crippen molar-refractivity contribution in [1.82, 2.24) is 0 Å². The van der Waals surface area contributed by atoms with Crippen molar-refractivity contribution < 1.29 is 14.8 Å². The van der Waals surface area contributed by atoms with Gasteiger partial charge in [0.25, 0.3) is 5.69 Å². The highest BCUT2D eigenvalue weighted by molar-refractivity contribution is 5.95. The molecule has 0 aromatic heterocycles. The Kier molecular flexibility index (Phi) is 3.29. The lowest BCUT2D eigenvalue weighted by Gasteiger charge is -2.19. The summed E-state index contributed by atoms with van der Waals surface area (Å²) in [4.78, 5) is 22.2. The topological polar surface area (TPSA) is 104 Å². The van der Waals surface area contributed by atoms with Gasteiger partial charge in [0.05, 0.1) is 11.5 Å². The number of fused-ring (bicyclic) bond motifs is 1. The Hall–Kier alpha value is -2.15. The molecule has 1 aromatic carbocycles. The molecule has 7 nitrogen and oxygen atoms in total. The van der Waals surface area contributed by atoms with Crippen LogP contribution in [0.25, 0.3) is 0 Å². The largest absolute Gasteiger partial charge is 0.396 e. The first-order valence-electron chi connectivity index (χ1n) is 6.99. The standard InChI is InChI=1S/C14H17N3O4/c18-8-14(3-4-14)7-15-11-6-10-9(1-2-13(19)16-10)5-12(11)17(20)21/h5-6,15,18H,1-4,7-8H2,(H,16,19). The fourth-order valence-corrected chi connectivity index (χ4v) is 2.56. The van der Waals surface area contributed by atoms with Crippen LogP contribution in [0.4, 0.5) is 17.1 Å². The highest BCUT2D eigenvalue weighted by Crippen LogP contribution is 2.45. The molecule has 0 radical (unpaired) electrons. The van der Waals surface area contributed by atoms with Gasteiger partial charge in [0.15, 0.2) is 0 Å². The van der Waals surface area contributed by atoms with Gasteiger partial charge in [-0.2, -0.15) is 0 Å². The summed E-state index contributed by atoms with van der Waals surface area (Å²) in [6, 6.07) is 3.15. The third-order valence-electron chi connectivity index (χ3n) is 4.26. The molecule has 21 heavy (non-hydrogen) atoms. The molecule has 2 aliphatic rings. The Morgan fingerprint density at radius 1 is 1.38 bits per heavy atom. The Bertz CT molecular complexity index is 610. The summed E-state index contributed by atoms with van der Waals surface area (Å²) in [5.41, 5.74) is 1.68. The quantitative estimate of drug-likeness (QED) is 0.565. The van der Waals surface area contributed by atoms with E-state index in [0.717, 1.165) is 18.4 Å². The molecule has 0 saturated heterocycles. The zero-order valence-corrected chi connectivity index (χ0v) is 11.5. The minimum Gasteiger partial charge on any atom is -0.396 e. The molecule has 1 heterocycles. The summed E-state index contributed by atoms with van der Waals surface area (Å²) in [6.45, 7) is 0.576. The zero-order chi connectivity index (χ0) is 15.0. The summed E-state index contributed by atoms with van der Waals surface area (Å²) < 4.78 is 0. The number of nitrogens with one attached hydrogen (secondary N) is 2. The number of rotatable bonds is 5. The van der Waals surface area contributed by atoms with Crippen LogP contribution < -0.4 is 10.6 Å². The highest BCUT2D eigenvalue weighted by Gasteiger charge is 2.42. The number of nitro groups is 1. The van der Waals surface area contributed by atoms with Crippen LogP contribution in [0.1, 0.15) is 24.8 Å². The van der Waals surface area contributed by atoms with Gasteiger partial charge in [-0.05, 0) is 30.9 Å². The first-order chi connectivity index (χ1) is 10.0. The first kappa shape index (κ1) is 13.8. The molecule has 0 unspecified atom stereocenters. The molecule has 3 rings (SSSR count). The molecule has 112 valence electrons. The number of hydrogen-bond donors (Lipinski definition) is 3. The number of nitrogens with zero attached hydrogens (tertiary/aromatic N) is 1. The van der Waals surface area contributed by atoms with E-state index in [1.54, 1.807) is 6.07 Å². The summed E-state index contributed by atoms with van der Waals surface area (Å²) in [6.07, 6.45) is 2.71. The van der Waals surface area contributed by atoms with E-state index in [1.165, 1.54) is 6.07 Å². The summed E-state index contributed by atoms with van der Waals surface area (Å²) >= 11 is 0. The lowest BCUT2D eigenvalue weighted by molar-refractivity contribution is -0.384. The second-order valence-corrected chi connectivity index (χ2v) is 5.84. The van der Waals surface area contributed by atoms with Gasteiger partial charge >= 0.3 is 0 Å². The normalized spacial score (nSPS) is 18.6. The van der Waals surface area contributed by atoms with Crippen LogP contribution >= 0.6 is 0 Å². The van der Waals surface area contributed by atoms with Gasteiger partial charge in [0.2, 0.25) is 5.91 Å². The number of hydrogen-bond acceptors (Lipinski definition) is 5. The van der Waals surface area contributed by atoms with Gasteiger partial charge in [0.1, 0.15) is 5.69 Å². The van der Waals surface area contributed by atoms with E-state index in [1.807, 2.05) is 0 Å². The van der Waals surface area contributed by atoms with Crippen molar-refractivity contribution in [2.75, 3.05) is 23.8 Å². The maximum Gasteiger partial charge on any atom is 0.292 e. The number of nitro benzene ring substituents is 1. The lowest BCUT2D eigenvalue weighted by atomic mass is 10.0. The molecule has 1 aliphatic heterocycles. The van der Waals surface area contributed by atoms with Crippen molar-refractivity contribution in [2.24, 2.45) is 5.41 Å². The minimum absolute atomic E-state index is 0.0126. The maximum atomic E-state index is 11.4. The molecule has 0 atom stereocenters. The van der Waals surface area contributed by atoms with E-state index >= 15 is 0 Å². The number of benzene rings is 1. The van der Waals surface area contributed by atoms with Gasteiger partial charge in [-0.1, -0.05) is 0 Å². The number of carbonyl (C=O) groups is 1. The highest BCUT2D eigenvalue weighted by atomic mass is 16.6. The number of carbonyl (C=O) groups excluding carboxylic acids is 1. The minimum atomic E-state index is -0.419. The van der Waals surface area contributed by atoms with Crippen molar-refractivity contribution in [2.45, 2.75) is 25.7 Å². The van der Waals surface area contributed by atoms with Crippen molar-refractivity contribution in [3.63, 3.8) is 0 Å². The maximum absolute atomic E-state index is 11.4. The van der Waals surface area contributed by atoms with E-state index in [0.29, 0.717) is 30.8 Å². The number of aryl methyl sites for hydroxylation is 1. The van der Waals surface area contributed by atoms with E-state index in [9.17, 15) is 20.0 Å². The van der Waals surface area contributed by atoms with Gasteiger partial charge in [0, 0.05) is 30.1 Å². The first-order valence-corrected chi connectivity index (χ1v) is 6.99. The summed E-state index contributed by atoms with van der Waals surface area (Å²) in [5, 5.41) is 26.3. The third kappa shape index (κ3) is 2.69. The second-order valence-electron chi connectivity index (χ2n) is 5.84. The molecular formula is C14H17N3O4. The monoisotopic (exact) mass is 291 g/mol. The average Bonchev–Trinajstić information content (AvgIpc) is 3.24. The van der Waals surface area contributed by atoms with Crippen molar-refractivity contribution >= 4 is 23.0 Å². The number of aliphatic hydroxyl groups is 1. The molecule has 3 N–H and O–H groups in total. The predicted molar refractivity (Wildman–Crippen MR) is 77.3 cm³/mol.